The van der Waals surface area contributed by atoms with E-state index in [4.69, 9.17) is 32.7 Å². The summed E-state index contributed by atoms with van der Waals surface area (Å²) < 4.78 is 12.9. The van der Waals surface area contributed by atoms with Crippen molar-refractivity contribution in [2.24, 2.45) is 0 Å². The fraction of sp³-hybridized carbons (Fsp3) is 0.217. The molecule has 0 spiro atoms. The van der Waals surface area contributed by atoms with Crippen LogP contribution in [0.5, 0.6) is 5.88 Å². The Kier molecular flexibility index (Phi) is 7.92. The number of amides is 1. The van der Waals surface area contributed by atoms with Crippen LogP contribution in [0.3, 0.4) is 0 Å². The number of fused-ring (bicyclic) bond motifs is 1. The van der Waals surface area contributed by atoms with Gasteiger partial charge in [0, 0.05) is 6.20 Å². The van der Waals surface area contributed by atoms with E-state index in [2.05, 4.69) is 31.4 Å². The van der Waals surface area contributed by atoms with E-state index in [1.165, 1.54) is 29.5 Å². The van der Waals surface area contributed by atoms with Gasteiger partial charge in [0.1, 0.15) is 29.3 Å². The van der Waals surface area contributed by atoms with E-state index in [0.717, 1.165) is 0 Å². The number of benzene rings is 1. The molecule has 184 valence electrons. The molecule has 0 fully saturated rings. The number of hydrogen-bond acceptors (Lipinski definition) is 9. The van der Waals surface area contributed by atoms with Crippen LogP contribution in [0.25, 0.3) is 16.7 Å². The number of pyridine rings is 1. The average Bonchev–Trinajstić information content (AvgIpc) is 3.31. The van der Waals surface area contributed by atoms with Gasteiger partial charge in [-0.25, -0.2) is 19.6 Å². The topological polar surface area (TPSA) is 148 Å². The largest absolute Gasteiger partial charge is 0.461 e. The number of aromatic nitrogens is 5. The monoisotopic (exact) mass is 527 g/mol. The Bertz CT molecular complexity index is 1420. The van der Waals surface area contributed by atoms with Crippen molar-refractivity contribution in [3.8, 4) is 17.6 Å². The van der Waals surface area contributed by atoms with Crippen molar-refractivity contribution in [2.75, 3.05) is 18.5 Å². The van der Waals surface area contributed by atoms with Gasteiger partial charge in [0.05, 0.1) is 41.1 Å². The summed E-state index contributed by atoms with van der Waals surface area (Å²) in [5.41, 5.74) is 0.963. The Labute approximate surface area is 215 Å². The van der Waals surface area contributed by atoms with Gasteiger partial charge in [0.15, 0.2) is 5.65 Å². The molecule has 0 unspecified atom stereocenters. The lowest BCUT2D eigenvalue weighted by molar-refractivity contribution is -0.127. The lowest BCUT2D eigenvalue weighted by Crippen LogP contribution is -2.38. The Hall–Kier alpha value is -3.82. The summed E-state index contributed by atoms with van der Waals surface area (Å²) >= 11 is 12.2. The van der Waals surface area contributed by atoms with Crippen LogP contribution in [-0.2, 0) is 9.53 Å². The molecule has 4 aromatic rings. The zero-order valence-corrected chi connectivity index (χ0v) is 20.3. The Morgan fingerprint density at radius 2 is 2.06 bits per heavy atom. The number of para-hydroxylation sites is 1. The van der Waals surface area contributed by atoms with Gasteiger partial charge in [0.25, 0.3) is 5.91 Å². The summed E-state index contributed by atoms with van der Waals surface area (Å²) in [6, 6.07) is 10.1. The first-order valence-corrected chi connectivity index (χ1v) is 11.4. The molecule has 0 aliphatic rings. The number of hydrogen-bond donors (Lipinski definition) is 2. The van der Waals surface area contributed by atoms with Crippen LogP contribution in [0.1, 0.15) is 12.5 Å². The molecule has 0 radical (unpaired) electrons. The number of nitrogens with one attached hydrogen (secondary N) is 1. The van der Waals surface area contributed by atoms with Gasteiger partial charge in [-0.15, -0.1) is 0 Å². The highest BCUT2D eigenvalue weighted by molar-refractivity contribution is 6.32. The van der Waals surface area contributed by atoms with Crippen LogP contribution < -0.4 is 10.1 Å². The Morgan fingerprint density at radius 1 is 1.22 bits per heavy atom. The van der Waals surface area contributed by atoms with Crippen molar-refractivity contribution >= 4 is 46.0 Å². The SMILES string of the molecule is C[C@H](CO)OC[C@H](Oc1ncnc2c1cnn2-c1c(Cl)cccc1C#N)C(=O)Nc1ccc(Cl)cn1. The number of nitrogens with zero attached hydrogens (tertiary/aromatic N) is 6. The molecule has 3 heterocycles. The van der Waals surface area contributed by atoms with Crippen molar-refractivity contribution in [3.05, 3.63) is 64.7 Å². The summed E-state index contributed by atoms with van der Waals surface area (Å²) in [5.74, 6) is -0.245. The second-order valence-corrected chi connectivity index (χ2v) is 8.35. The van der Waals surface area contributed by atoms with Crippen LogP contribution in [0.4, 0.5) is 5.82 Å². The average molecular weight is 528 g/mol. The smallest absolute Gasteiger partial charge is 0.269 e. The number of anilines is 1. The molecule has 0 aliphatic heterocycles. The number of ether oxygens (including phenoxy) is 2. The Morgan fingerprint density at radius 3 is 2.78 bits per heavy atom. The lowest BCUT2D eigenvalue weighted by Gasteiger charge is -2.20. The number of nitriles is 1. The highest BCUT2D eigenvalue weighted by atomic mass is 35.5. The third-order valence-electron chi connectivity index (χ3n) is 4.96. The van der Waals surface area contributed by atoms with Crippen molar-refractivity contribution in [1.82, 2.24) is 24.7 Å². The van der Waals surface area contributed by atoms with Crippen molar-refractivity contribution in [3.63, 3.8) is 0 Å². The minimum atomic E-state index is -1.17. The first-order valence-electron chi connectivity index (χ1n) is 10.6. The zero-order chi connectivity index (χ0) is 25.7. The minimum absolute atomic E-state index is 0.0567. The molecular formula is C23H19Cl2N7O4. The van der Waals surface area contributed by atoms with Gasteiger partial charge >= 0.3 is 0 Å². The predicted molar refractivity (Wildman–Crippen MR) is 131 cm³/mol. The molecule has 0 bridgehead atoms. The molecule has 0 saturated heterocycles. The standard InChI is InChI=1S/C23H19Cl2N7O4/c1-13(10-33)35-11-18(22(34)31-19-6-5-15(24)8-27-19)36-23-16-9-30-32(21(16)28-12-29-23)20-14(7-26)3-2-4-17(20)25/h2-6,8-9,12-13,18,33H,10-11H2,1H3,(H,27,31,34)/t13-,18+/m1/s1. The van der Waals surface area contributed by atoms with E-state index < -0.39 is 18.1 Å². The van der Waals surface area contributed by atoms with Crippen molar-refractivity contribution in [2.45, 2.75) is 19.1 Å². The van der Waals surface area contributed by atoms with Gasteiger partial charge in [-0.2, -0.15) is 10.4 Å². The van der Waals surface area contributed by atoms with Crippen LogP contribution in [0.2, 0.25) is 10.0 Å². The van der Waals surface area contributed by atoms with Crippen LogP contribution in [0.15, 0.2) is 49.1 Å². The van der Waals surface area contributed by atoms with Crippen molar-refractivity contribution in [1.29, 1.82) is 5.26 Å². The second-order valence-electron chi connectivity index (χ2n) is 7.50. The molecule has 0 saturated carbocycles. The summed E-state index contributed by atoms with van der Waals surface area (Å²) in [6.07, 6.45) is 2.38. The fourth-order valence-corrected chi connectivity index (χ4v) is 3.53. The third kappa shape index (κ3) is 5.53. The maximum absolute atomic E-state index is 13.0. The van der Waals surface area contributed by atoms with Gasteiger partial charge in [0.2, 0.25) is 12.0 Å². The van der Waals surface area contributed by atoms with E-state index >= 15 is 0 Å². The minimum Gasteiger partial charge on any atom is -0.461 e. The first kappa shape index (κ1) is 25.3. The number of carbonyl (C=O) groups excluding carboxylic acids is 1. The molecule has 13 heteroatoms. The highest BCUT2D eigenvalue weighted by Crippen LogP contribution is 2.29. The van der Waals surface area contributed by atoms with E-state index in [0.29, 0.717) is 32.3 Å². The van der Waals surface area contributed by atoms with Crippen LogP contribution in [-0.4, -0.2) is 61.2 Å². The van der Waals surface area contributed by atoms with E-state index in [9.17, 15) is 15.2 Å². The maximum Gasteiger partial charge on any atom is 0.269 e. The highest BCUT2D eigenvalue weighted by Gasteiger charge is 2.25. The van der Waals surface area contributed by atoms with Crippen molar-refractivity contribution < 1.29 is 19.4 Å². The molecule has 4 rings (SSSR count). The molecule has 3 aromatic heterocycles. The Balaban J connectivity index is 1.66. The van der Waals surface area contributed by atoms with Gasteiger partial charge < -0.3 is 19.9 Å². The second kappa shape index (κ2) is 11.3. The summed E-state index contributed by atoms with van der Waals surface area (Å²) in [5, 5.41) is 26.9. The zero-order valence-electron chi connectivity index (χ0n) is 18.8. The molecule has 36 heavy (non-hydrogen) atoms. The van der Waals surface area contributed by atoms with Gasteiger partial charge in [-0.1, -0.05) is 29.3 Å². The molecular weight excluding hydrogens is 509 g/mol. The number of carbonyl (C=O) groups is 1. The van der Waals surface area contributed by atoms with E-state index in [1.807, 2.05) is 0 Å². The fourth-order valence-electron chi connectivity index (χ4n) is 3.16. The molecule has 11 nitrogen and oxygen atoms in total. The third-order valence-corrected chi connectivity index (χ3v) is 5.49. The summed E-state index contributed by atoms with van der Waals surface area (Å²) in [4.78, 5) is 25.5. The van der Waals surface area contributed by atoms with E-state index in [-0.39, 0.29) is 24.9 Å². The molecule has 2 N–H and O–H groups in total. The summed E-state index contributed by atoms with van der Waals surface area (Å²) in [7, 11) is 0. The van der Waals surface area contributed by atoms with Crippen LogP contribution >= 0.6 is 23.2 Å². The first-order chi connectivity index (χ1) is 17.4. The lowest BCUT2D eigenvalue weighted by atomic mass is 10.2. The maximum atomic E-state index is 13.0. The molecule has 1 aromatic carbocycles. The van der Waals surface area contributed by atoms with Gasteiger partial charge in [-0.3, -0.25) is 4.79 Å². The van der Waals surface area contributed by atoms with Crippen LogP contribution in [0, 0.1) is 11.3 Å². The van der Waals surface area contributed by atoms with E-state index in [1.54, 1.807) is 31.2 Å². The molecule has 1 amide bonds. The van der Waals surface area contributed by atoms with Gasteiger partial charge in [-0.05, 0) is 31.2 Å². The number of aliphatic hydroxyl groups excluding tert-OH is 1. The number of halogens is 2. The number of aliphatic hydroxyl groups is 1. The predicted octanol–water partition coefficient (Wildman–Crippen LogP) is 3.17. The quantitative estimate of drug-likeness (QED) is 0.334. The molecule has 2 atom stereocenters. The number of rotatable bonds is 9. The summed E-state index contributed by atoms with van der Waals surface area (Å²) in [6.45, 7) is 1.22. The molecule has 0 aliphatic carbocycles. The normalized spacial score (nSPS) is 12.6.